The molecular weight excluding hydrogens is 594 g/mol. The standard InChI is InChI=1S/C30H36F2N6O7/c1-17(2)14-18-25(32)19(31)15-21-26(18)34-23(38(21)29(42)43)16-37-13-9-10-20(28(37)41)33-27(40)22(45-30(44)36(5)6)11-7-8-12-24(39)35(3)4/h8-10,12-13,15,17,22H,7,11,14,16H2,1-6H3,(H,33,40)(H,42,43)/b12-8+. The van der Waals surface area contributed by atoms with Gasteiger partial charge in [-0.25, -0.2) is 27.9 Å². The van der Waals surface area contributed by atoms with E-state index in [9.17, 15) is 37.9 Å². The first-order chi connectivity index (χ1) is 21.1. The van der Waals surface area contributed by atoms with E-state index in [1.165, 1.54) is 49.5 Å². The number of allylic oxidation sites excluding steroid dienone is 1. The van der Waals surface area contributed by atoms with Gasteiger partial charge in [-0.3, -0.25) is 14.4 Å². The van der Waals surface area contributed by atoms with Crippen LogP contribution in [0.5, 0.6) is 0 Å². The number of benzene rings is 1. The third kappa shape index (κ3) is 8.31. The van der Waals surface area contributed by atoms with E-state index in [2.05, 4.69) is 10.3 Å². The molecule has 1 aromatic carbocycles. The number of fused-ring (bicyclic) bond motifs is 1. The predicted octanol–water partition coefficient (Wildman–Crippen LogP) is 3.68. The summed E-state index contributed by atoms with van der Waals surface area (Å²) in [4.78, 5) is 69.5. The van der Waals surface area contributed by atoms with Crippen LogP contribution >= 0.6 is 0 Å². The molecule has 1 atom stereocenters. The molecule has 13 nitrogen and oxygen atoms in total. The Morgan fingerprint density at radius 3 is 2.42 bits per heavy atom. The van der Waals surface area contributed by atoms with Gasteiger partial charge >= 0.3 is 12.2 Å². The molecule has 0 saturated carbocycles. The molecule has 3 aromatic rings. The molecule has 15 heteroatoms. The molecule has 2 aromatic heterocycles. The summed E-state index contributed by atoms with van der Waals surface area (Å²) >= 11 is 0. The Kier molecular flexibility index (Phi) is 11.2. The normalized spacial score (nSPS) is 12.0. The van der Waals surface area contributed by atoms with Crippen molar-refractivity contribution < 1.29 is 37.8 Å². The third-order valence-electron chi connectivity index (χ3n) is 6.60. The first kappa shape index (κ1) is 34.4. The molecule has 45 heavy (non-hydrogen) atoms. The van der Waals surface area contributed by atoms with Gasteiger partial charge in [0.1, 0.15) is 11.5 Å². The van der Waals surface area contributed by atoms with E-state index >= 15 is 0 Å². The maximum atomic E-state index is 14.7. The molecular formula is C30H36F2N6O7. The molecule has 1 unspecified atom stereocenters. The van der Waals surface area contributed by atoms with Crippen molar-refractivity contribution >= 4 is 40.7 Å². The first-order valence-corrected chi connectivity index (χ1v) is 14.0. The Balaban J connectivity index is 1.93. The van der Waals surface area contributed by atoms with Crippen LogP contribution in [0.2, 0.25) is 0 Å². The van der Waals surface area contributed by atoms with Crippen molar-refractivity contribution in [3.05, 3.63) is 69.9 Å². The molecule has 3 rings (SSSR count). The maximum Gasteiger partial charge on any atom is 0.417 e. The van der Waals surface area contributed by atoms with E-state index in [1.54, 1.807) is 27.9 Å². The van der Waals surface area contributed by atoms with Crippen molar-refractivity contribution in [3.8, 4) is 0 Å². The number of hydrogen-bond donors (Lipinski definition) is 2. The fourth-order valence-corrected chi connectivity index (χ4v) is 4.36. The summed E-state index contributed by atoms with van der Waals surface area (Å²) in [6.07, 6.45) is 0.824. The highest BCUT2D eigenvalue weighted by Crippen LogP contribution is 2.27. The van der Waals surface area contributed by atoms with E-state index in [0.29, 0.717) is 4.57 Å². The number of pyridine rings is 1. The van der Waals surface area contributed by atoms with Gasteiger partial charge in [-0.1, -0.05) is 19.9 Å². The van der Waals surface area contributed by atoms with Crippen LogP contribution in [0.15, 0.2) is 41.3 Å². The van der Waals surface area contributed by atoms with Crippen LogP contribution in [0, 0.1) is 17.6 Å². The van der Waals surface area contributed by atoms with Crippen molar-refractivity contribution in [3.63, 3.8) is 0 Å². The molecule has 242 valence electrons. The van der Waals surface area contributed by atoms with E-state index < -0.39 is 47.9 Å². The highest BCUT2D eigenvalue weighted by atomic mass is 19.2. The van der Waals surface area contributed by atoms with E-state index in [1.807, 2.05) is 0 Å². The van der Waals surface area contributed by atoms with Crippen LogP contribution < -0.4 is 10.9 Å². The molecule has 3 amide bonds. The largest absolute Gasteiger partial charge is 0.464 e. The average molecular weight is 631 g/mol. The monoisotopic (exact) mass is 630 g/mol. The fraction of sp³-hybridized carbons (Fsp3) is 0.400. The van der Waals surface area contributed by atoms with Gasteiger partial charge in [-0.15, -0.1) is 0 Å². The molecule has 0 aliphatic rings. The Labute approximate surface area is 257 Å². The number of imidazole rings is 1. The molecule has 2 heterocycles. The Morgan fingerprint density at radius 2 is 1.82 bits per heavy atom. The lowest BCUT2D eigenvalue weighted by Crippen LogP contribution is -2.37. The molecule has 0 bridgehead atoms. The molecule has 0 aliphatic carbocycles. The second-order valence-electron chi connectivity index (χ2n) is 11.1. The number of aromatic nitrogens is 3. The summed E-state index contributed by atoms with van der Waals surface area (Å²) in [5.41, 5.74) is -1.24. The third-order valence-corrected chi connectivity index (χ3v) is 6.60. The van der Waals surface area contributed by atoms with Gasteiger partial charge in [0.15, 0.2) is 17.7 Å². The summed E-state index contributed by atoms with van der Waals surface area (Å²) < 4.78 is 36.3. The van der Waals surface area contributed by atoms with Gasteiger partial charge in [-0.05, 0) is 43.4 Å². The van der Waals surface area contributed by atoms with Gasteiger partial charge in [0, 0.05) is 46.0 Å². The Hall–Kier alpha value is -5.08. The highest BCUT2D eigenvalue weighted by molar-refractivity contribution is 5.95. The zero-order chi connectivity index (χ0) is 33.6. The number of carbonyl (C=O) groups excluding carboxylic acids is 3. The summed E-state index contributed by atoms with van der Waals surface area (Å²) in [5, 5.41) is 12.4. The second-order valence-corrected chi connectivity index (χ2v) is 11.1. The second kappa shape index (κ2) is 14.6. The van der Waals surface area contributed by atoms with Gasteiger partial charge in [0.25, 0.3) is 11.5 Å². The lowest BCUT2D eigenvalue weighted by Gasteiger charge is -2.19. The van der Waals surface area contributed by atoms with Gasteiger partial charge in [-0.2, -0.15) is 0 Å². The van der Waals surface area contributed by atoms with Crippen LogP contribution in [0.1, 0.15) is 38.1 Å². The van der Waals surface area contributed by atoms with Gasteiger partial charge in [0.2, 0.25) is 5.91 Å². The molecule has 0 fully saturated rings. The number of carboxylic acid groups (broad SMARTS) is 1. The van der Waals surface area contributed by atoms with Crippen molar-refractivity contribution in [2.45, 2.75) is 45.8 Å². The minimum atomic E-state index is -1.52. The van der Waals surface area contributed by atoms with E-state index in [4.69, 9.17) is 4.74 Å². The number of rotatable bonds is 11. The molecule has 0 spiro atoms. The van der Waals surface area contributed by atoms with Crippen molar-refractivity contribution in [1.82, 2.24) is 23.9 Å². The summed E-state index contributed by atoms with van der Waals surface area (Å²) in [7, 11) is 6.02. The topological polar surface area (TPSA) is 156 Å². The van der Waals surface area contributed by atoms with Crippen LogP contribution in [-0.4, -0.2) is 87.3 Å². The molecule has 0 aliphatic heterocycles. The lowest BCUT2D eigenvalue weighted by atomic mass is 10.0. The van der Waals surface area contributed by atoms with Crippen LogP contribution in [-0.2, 0) is 27.3 Å². The number of ether oxygens (including phenoxy) is 1. The number of amides is 3. The number of hydrogen-bond acceptors (Lipinski definition) is 7. The smallest absolute Gasteiger partial charge is 0.417 e. The summed E-state index contributed by atoms with van der Waals surface area (Å²) in [5.74, 6) is -3.70. The number of nitrogens with one attached hydrogen (secondary N) is 1. The van der Waals surface area contributed by atoms with Crippen LogP contribution in [0.25, 0.3) is 11.0 Å². The number of anilines is 1. The van der Waals surface area contributed by atoms with Crippen molar-refractivity contribution in [2.24, 2.45) is 5.92 Å². The summed E-state index contributed by atoms with van der Waals surface area (Å²) in [6.45, 7) is 3.16. The lowest BCUT2D eigenvalue weighted by molar-refractivity contribution is -0.125. The summed E-state index contributed by atoms with van der Waals surface area (Å²) in [6, 6.07) is 3.48. The molecule has 2 N–H and O–H groups in total. The number of likely N-dealkylation sites (N-methyl/N-ethyl adjacent to an activating group) is 1. The fourth-order valence-electron chi connectivity index (χ4n) is 4.36. The van der Waals surface area contributed by atoms with Gasteiger partial charge < -0.3 is 29.5 Å². The maximum absolute atomic E-state index is 14.7. The highest BCUT2D eigenvalue weighted by Gasteiger charge is 2.26. The zero-order valence-electron chi connectivity index (χ0n) is 25.8. The number of nitrogens with zero attached hydrogens (tertiary/aromatic N) is 5. The molecule has 0 radical (unpaired) electrons. The molecule has 0 saturated heterocycles. The van der Waals surface area contributed by atoms with E-state index in [0.717, 1.165) is 15.5 Å². The average Bonchev–Trinajstić information content (AvgIpc) is 3.31. The minimum absolute atomic E-state index is 0.00187. The van der Waals surface area contributed by atoms with Gasteiger partial charge in [0.05, 0.1) is 17.6 Å². The quantitative estimate of drug-likeness (QED) is 0.304. The SMILES string of the molecule is CC(C)Cc1c(F)c(F)cc2c1nc(Cn1cccc(NC(=O)C(CC/C=C/C(=O)N(C)C)OC(=O)N(C)C)c1=O)n2C(=O)O. The van der Waals surface area contributed by atoms with Crippen LogP contribution in [0.4, 0.5) is 24.1 Å². The first-order valence-electron chi connectivity index (χ1n) is 14.0. The zero-order valence-corrected chi connectivity index (χ0v) is 25.8. The van der Waals surface area contributed by atoms with Crippen molar-refractivity contribution in [2.75, 3.05) is 33.5 Å². The Morgan fingerprint density at radius 1 is 1.13 bits per heavy atom. The van der Waals surface area contributed by atoms with Crippen molar-refractivity contribution in [1.29, 1.82) is 0 Å². The predicted molar refractivity (Wildman–Crippen MR) is 161 cm³/mol. The van der Waals surface area contributed by atoms with E-state index in [-0.39, 0.29) is 59.2 Å². The Bertz CT molecular complexity index is 1690. The van der Waals surface area contributed by atoms with Crippen LogP contribution in [0.3, 0.4) is 0 Å². The number of halogens is 2. The number of carbonyl (C=O) groups is 4. The minimum Gasteiger partial charge on any atom is -0.464 e.